The molecule has 0 saturated carbocycles. The summed E-state index contributed by atoms with van der Waals surface area (Å²) in [5.74, 6) is 0.604. The van der Waals surface area contributed by atoms with E-state index in [2.05, 4.69) is 96.5 Å². The van der Waals surface area contributed by atoms with Gasteiger partial charge in [0, 0.05) is 31.9 Å². The lowest BCUT2D eigenvalue weighted by molar-refractivity contribution is -0.305. The summed E-state index contributed by atoms with van der Waals surface area (Å²) in [5, 5.41) is 15.5. The topological polar surface area (TPSA) is 13.0 Å². The Balaban J connectivity index is 1.72. The summed E-state index contributed by atoms with van der Waals surface area (Å²) in [7, 11) is 0. The molecular weight excluding hydrogens is 368 g/mol. The van der Waals surface area contributed by atoms with E-state index in [1.165, 1.54) is 33.3 Å². The molecular formula is C26H34N4. The van der Waals surface area contributed by atoms with Crippen molar-refractivity contribution in [1.29, 1.82) is 0 Å². The van der Waals surface area contributed by atoms with E-state index in [1.54, 1.807) is 5.57 Å². The van der Waals surface area contributed by atoms with E-state index in [-0.39, 0.29) is 0 Å². The van der Waals surface area contributed by atoms with Crippen LogP contribution in [0.3, 0.4) is 0 Å². The molecule has 158 valence electrons. The summed E-state index contributed by atoms with van der Waals surface area (Å²) in [6.45, 7) is 13.1. The number of nitrogens with zero attached hydrogens (tertiary/aromatic N) is 4. The van der Waals surface area contributed by atoms with Crippen LogP contribution >= 0.6 is 0 Å². The first-order valence-electron chi connectivity index (χ1n) is 11.7. The lowest BCUT2D eigenvalue weighted by atomic mass is 9.78. The van der Waals surface area contributed by atoms with Crippen LogP contribution in [0.25, 0.3) is 22.4 Å². The number of rotatable bonds is 4. The molecule has 2 unspecified atom stereocenters. The third-order valence-corrected chi connectivity index (χ3v) is 7.13. The molecule has 0 amide bonds. The maximum absolute atomic E-state index is 2.59. The molecule has 0 spiro atoms. The Hall–Kier alpha value is -2.14. The van der Waals surface area contributed by atoms with Crippen molar-refractivity contribution in [3.05, 3.63) is 58.6 Å². The molecule has 5 rings (SSSR count). The second kappa shape index (κ2) is 7.84. The van der Waals surface area contributed by atoms with Crippen LogP contribution in [0, 0.1) is 5.92 Å². The average molecular weight is 403 g/mol. The van der Waals surface area contributed by atoms with Gasteiger partial charge in [-0.1, -0.05) is 37.3 Å². The zero-order chi connectivity index (χ0) is 20.8. The van der Waals surface area contributed by atoms with E-state index in [9.17, 15) is 0 Å². The first kappa shape index (κ1) is 19.8. The number of likely N-dealkylation sites (N-methyl/N-ethyl adjacent to an activating group) is 2. The Morgan fingerprint density at radius 3 is 2.27 bits per heavy atom. The predicted octanol–water partition coefficient (Wildman–Crippen LogP) is 3.49. The molecule has 2 aromatic carbocycles. The fourth-order valence-corrected chi connectivity index (χ4v) is 5.84. The molecule has 2 aliphatic carbocycles. The SMILES string of the molecule is CCN1C2=CC3=c4cc5ccccc5cc4=CCC3CC2N(CC)N(CC)N1CC. The zero-order valence-electron chi connectivity index (χ0n) is 18.8. The number of fused-ring (bicyclic) bond motifs is 4. The Kier molecular flexibility index (Phi) is 5.18. The van der Waals surface area contributed by atoms with E-state index in [1.807, 2.05) is 0 Å². The summed E-state index contributed by atoms with van der Waals surface area (Å²) < 4.78 is 0. The smallest absolute Gasteiger partial charge is 0.0678 e. The van der Waals surface area contributed by atoms with E-state index in [0.717, 1.165) is 32.6 Å². The van der Waals surface area contributed by atoms with Crippen molar-refractivity contribution in [2.45, 2.75) is 46.6 Å². The Morgan fingerprint density at radius 2 is 1.60 bits per heavy atom. The van der Waals surface area contributed by atoms with Gasteiger partial charge in [0.15, 0.2) is 0 Å². The quantitative estimate of drug-likeness (QED) is 0.776. The number of hydrazine groups is 3. The molecule has 0 radical (unpaired) electrons. The van der Waals surface area contributed by atoms with Crippen LogP contribution in [0.4, 0.5) is 0 Å². The molecule has 30 heavy (non-hydrogen) atoms. The number of allylic oxidation sites excluding steroid dienone is 1. The summed E-state index contributed by atoms with van der Waals surface area (Å²) in [6.07, 6.45) is 7.36. The molecule has 4 heteroatoms. The van der Waals surface area contributed by atoms with Gasteiger partial charge in [0.2, 0.25) is 0 Å². The fourth-order valence-electron chi connectivity index (χ4n) is 5.84. The van der Waals surface area contributed by atoms with Crippen LogP contribution in [0.1, 0.15) is 40.5 Å². The molecule has 2 aromatic rings. The highest BCUT2D eigenvalue weighted by atomic mass is 16.0. The second-order valence-corrected chi connectivity index (χ2v) is 8.55. The van der Waals surface area contributed by atoms with Crippen molar-refractivity contribution in [3.8, 4) is 0 Å². The van der Waals surface area contributed by atoms with Gasteiger partial charge in [-0.05, 0) is 84.5 Å². The standard InChI is InChI=1S/C26H34N4/c1-5-27-25-17-22-14-13-21-15-19-11-9-10-12-20(19)16-23(21)24(22)18-26(25)28(6-2)30(8-4)29(27)7-3/h9-13,15-16,18,22,25H,5-8,14,17H2,1-4H3. The third-order valence-electron chi connectivity index (χ3n) is 7.13. The first-order valence-corrected chi connectivity index (χ1v) is 11.7. The molecule has 3 aliphatic rings. The fraction of sp³-hybridized carbons (Fsp3) is 0.462. The summed E-state index contributed by atoms with van der Waals surface area (Å²) in [6, 6.07) is 14.0. The molecule has 1 heterocycles. The van der Waals surface area contributed by atoms with Gasteiger partial charge in [0.05, 0.1) is 6.04 Å². The van der Waals surface area contributed by atoms with E-state index in [4.69, 9.17) is 0 Å². The third kappa shape index (κ3) is 2.93. The van der Waals surface area contributed by atoms with Crippen LogP contribution < -0.4 is 10.4 Å². The van der Waals surface area contributed by atoms with Gasteiger partial charge < -0.3 is 0 Å². The molecule has 4 nitrogen and oxygen atoms in total. The molecule has 0 N–H and O–H groups in total. The van der Waals surface area contributed by atoms with Crippen LogP contribution in [-0.2, 0) is 0 Å². The predicted molar refractivity (Wildman–Crippen MR) is 125 cm³/mol. The van der Waals surface area contributed by atoms with Crippen LogP contribution in [0.15, 0.2) is 48.2 Å². The summed E-state index contributed by atoms with van der Waals surface area (Å²) >= 11 is 0. The molecule has 0 bridgehead atoms. The van der Waals surface area contributed by atoms with Crippen molar-refractivity contribution in [2.75, 3.05) is 26.2 Å². The molecule has 1 fully saturated rings. The minimum atomic E-state index is 0.460. The van der Waals surface area contributed by atoms with Crippen LogP contribution in [0.2, 0.25) is 0 Å². The summed E-state index contributed by atoms with van der Waals surface area (Å²) in [4.78, 5) is 0. The zero-order valence-corrected chi connectivity index (χ0v) is 18.8. The van der Waals surface area contributed by atoms with E-state index in [0.29, 0.717) is 12.0 Å². The Labute approximate surface area is 180 Å². The van der Waals surface area contributed by atoms with Gasteiger partial charge in [-0.15, -0.1) is 5.12 Å². The average Bonchev–Trinajstić information content (AvgIpc) is 2.79. The Bertz CT molecular complexity index is 1100. The molecule has 0 aromatic heterocycles. The van der Waals surface area contributed by atoms with Crippen molar-refractivity contribution in [3.63, 3.8) is 0 Å². The lowest BCUT2D eigenvalue weighted by Crippen LogP contribution is -2.69. The minimum absolute atomic E-state index is 0.460. The van der Waals surface area contributed by atoms with Gasteiger partial charge in [-0.2, -0.15) is 5.12 Å². The summed E-state index contributed by atoms with van der Waals surface area (Å²) in [5.41, 5.74) is 3.01. The molecule has 1 saturated heterocycles. The van der Waals surface area contributed by atoms with Crippen LogP contribution in [0.5, 0.6) is 0 Å². The largest absolute Gasteiger partial charge is 0.294 e. The van der Waals surface area contributed by atoms with Gasteiger partial charge in [0.1, 0.15) is 0 Å². The minimum Gasteiger partial charge on any atom is -0.294 e. The number of benzene rings is 2. The second-order valence-electron chi connectivity index (χ2n) is 8.55. The van der Waals surface area contributed by atoms with Gasteiger partial charge in [-0.3, -0.25) is 5.01 Å². The Morgan fingerprint density at radius 1 is 0.867 bits per heavy atom. The normalized spacial score (nSPS) is 24.9. The number of hydrogen-bond donors (Lipinski definition) is 0. The van der Waals surface area contributed by atoms with Gasteiger partial charge in [0.25, 0.3) is 0 Å². The molecule has 1 aliphatic heterocycles. The van der Waals surface area contributed by atoms with E-state index < -0.39 is 0 Å². The molecule has 2 atom stereocenters. The maximum Gasteiger partial charge on any atom is 0.0678 e. The number of hydrogen-bond acceptors (Lipinski definition) is 4. The van der Waals surface area contributed by atoms with Crippen LogP contribution in [-0.4, -0.2) is 52.5 Å². The monoisotopic (exact) mass is 402 g/mol. The van der Waals surface area contributed by atoms with Gasteiger partial charge >= 0.3 is 0 Å². The lowest BCUT2D eigenvalue weighted by Gasteiger charge is -2.57. The highest BCUT2D eigenvalue weighted by Gasteiger charge is 2.43. The highest BCUT2D eigenvalue weighted by molar-refractivity contribution is 5.84. The van der Waals surface area contributed by atoms with Crippen molar-refractivity contribution in [2.24, 2.45) is 5.92 Å². The van der Waals surface area contributed by atoms with Crippen molar-refractivity contribution < 1.29 is 0 Å². The highest BCUT2D eigenvalue weighted by Crippen LogP contribution is 2.40. The van der Waals surface area contributed by atoms with Crippen molar-refractivity contribution >= 4 is 22.4 Å². The van der Waals surface area contributed by atoms with Crippen molar-refractivity contribution in [1.82, 2.24) is 20.3 Å². The first-order chi connectivity index (χ1) is 14.7. The van der Waals surface area contributed by atoms with Gasteiger partial charge in [-0.25, -0.2) is 5.01 Å². The maximum atomic E-state index is 2.59. The van der Waals surface area contributed by atoms with E-state index >= 15 is 0 Å².